The molecule has 1 aromatic carbocycles. The fraction of sp³-hybridized carbons (Fsp3) is 0.250. The van der Waals surface area contributed by atoms with Crippen molar-refractivity contribution in [3.8, 4) is 0 Å². The molecule has 7 heteroatoms. The van der Waals surface area contributed by atoms with E-state index in [2.05, 4.69) is 21.4 Å². The van der Waals surface area contributed by atoms with Crippen molar-refractivity contribution in [1.82, 2.24) is 0 Å². The summed E-state index contributed by atoms with van der Waals surface area (Å²) in [6.45, 7) is 3.79. The Morgan fingerprint density at radius 3 is 2.07 bits per heavy atom. The summed E-state index contributed by atoms with van der Waals surface area (Å²) in [4.78, 5) is 9.89. The molecular formula is C8H9Cl2NO3S. The number of nitro benzene ring substituents is 1. The van der Waals surface area contributed by atoms with Crippen LogP contribution in [0.1, 0.15) is 11.1 Å². The van der Waals surface area contributed by atoms with Crippen LogP contribution in [0.5, 0.6) is 0 Å². The summed E-state index contributed by atoms with van der Waals surface area (Å²) in [7, 11) is 7.36. The van der Waals surface area contributed by atoms with E-state index in [9.17, 15) is 10.1 Å². The minimum Gasteiger partial charge on any atom is -0.258 e. The van der Waals surface area contributed by atoms with Crippen LogP contribution in [0.4, 0.5) is 5.69 Å². The lowest BCUT2D eigenvalue weighted by molar-refractivity contribution is -0.384. The molecule has 0 N–H and O–H groups in total. The van der Waals surface area contributed by atoms with Gasteiger partial charge in [0, 0.05) is 33.5 Å². The molecule has 0 unspecified atom stereocenters. The van der Waals surface area contributed by atoms with Crippen molar-refractivity contribution >= 4 is 36.3 Å². The van der Waals surface area contributed by atoms with Crippen LogP contribution >= 0.6 is 21.4 Å². The maximum Gasteiger partial charge on any atom is 0.269 e. The van der Waals surface area contributed by atoms with Gasteiger partial charge in [-0.2, -0.15) is 0 Å². The van der Waals surface area contributed by atoms with Crippen molar-refractivity contribution in [3.05, 3.63) is 39.4 Å². The van der Waals surface area contributed by atoms with Crippen LogP contribution in [0.3, 0.4) is 0 Å². The van der Waals surface area contributed by atoms with Gasteiger partial charge < -0.3 is 0 Å². The molecule has 0 atom stereocenters. The third-order valence-electron chi connectivity index (χ3n) is 1.70. The summed E-state index contributed by atoms with van der Waals surface area (Å²) in [6.07, 6.45) is 0. The summed E-state index contributed by atoms with van der Waals surface area (Å²) < 4.78 is 9.09. The molecule has 0 aromatic heterocycles. The highest BCUT2D eigenvalue weighted by molar-refractivity contribution is 8.26. The Bertz CT molecular complexity index is 380. The van der Waals surface area contributed by atoms with Crippen molar-refractivity contribution in [2.24, 2.45) is 0 Å². The predicted octanol–water partition coefficient (Wildman–Crippen LogP) is 3.25. The zero-order valence-corrected chi connectivity index (χ0v) is 10.4. The fourth-order valence-corrected chi connectivity index (χ4v) is 0.839. The maximum absolute atomic E-state index is 10.3. The normalized spacial score (nSPS) is 9.40. The molecule has 15 heavy (non-hydrogen) atoms. The number of non-ortho nitro benzene ring substituents is 1. The van der Waals surface area contributed by atoms with E-state index in [0.717, 1.165) is 11.1 Å². The van der Waals surface area contributed by atoms with Crippen molar-refractivity contribution in [2.75, 3.05) is 0 Å². The summed E-state index contributed by atoms with van der Waals surface area (Å²) in [5, 5.41) is 10.3. The van der Waals surface area contributed by atoms with Crippen LogP contribution in [0.25, 0.3) is 0 Å². The van der Waals surface area contributed by atoms with Crippen LogP contribution in [0.15, 0.2) is 18.2 Å². The zero-order chi connectivity index (χ0) is 12.0. The zero-order valence-electron chi connectivity index (χ0n) is 8.07. The number of benzene rings is 1. The molecule has 1 rings (SSSR count). The molecule has 1 aromatic rings. The van der Waals surface area contributed by atoms with Crippen LogP contribution in [-0.4, -0.2) is 9.13 Å². The van der Waals surface area contributed by atoms with Gasteiger partial charge in [0.05, 0.1) is 4.92 Å². The third-order valence-corrected chi connectivity index (χ3v) is 1.70. The summed E-state index contributed by atoms with van der Waals surface area (Å²) >= 11 is 0. The first-order chi connectivity index (χ1) is 6.84. The molecule has 0 bridgehead atoms. The highest BCUT2D eigenvalue weighted by atomic mass is 36.0. The highest BCUT2D eigenvalue weighted by Gasteiger charge is 2.04. The van der Waals surface area contributed by atoms with Crippen LogP contribution in [-0.2, 0) is 9.23 Å². The molecule has 0 aliphatic rings. The average molecular weight is 270 g/mol. The molecule has 0 aliphatic carbocycles. The molecule has 0 heterocycles. The van der Waals surface area contributed by atoms with Crippen molar-refractivity contribution < 1.29 is 9.13 Å². The van der Waals surface area contributed by atoms with Crippen LogP contribution in [0.2, 0.25) is 0 Å². The first kappa shape index (κ1) is 14.3. The minimum absolute atomic E-state index is 0.160. The molecule has 0 radical (unpaired) electrons. The Hall–Kier alpha value is -0.650. The number of rotatable bonds is 1. The SMILES string of the molecule is Cc1ccc([N+](=O)[O-])cc1C.O=S(Cl)Cl. The predicted molar refractivity (Wildman–Crippen MR) is 62.4 cm³/mol. The average Bonchev–Trinajstić information content (AvgIpc) is 2.08. The Kier molecular flexibility index (Phi) is 6.47. The Morgan fingerprint density at radius 2 is 1.73 bits per heavy atom. The second-order valence-corrected chi connectivity index (χ2v) is 5.23. The summed E-state index contributed by atoms with van der Waals surface area (Å²) in [5.74, 6) is 0. The van der Waals surface area contributed by atoms with Crippen molar-refractivity contribution in [2.45, 2.75) is 13.8 Å². The van der Waals surface area contributed by atoms with Gasteiger partial charge in [0.1, 0.15) is 0 Å². The van der Waals surface area contributed by atoms with Gasteiger partial charge in [-0.05, 0) is 25.0 Å². The van der Waals surface area contributed by atoms with Crippen molar-refractivity contribution in [3.63, 3.8) is 0 Å². The molecule has 84 valence electrons. The van der Waals surface area contributed by atoms with Gasteiger partial charge in [-0.25, -0.2) is 4.21 Å². The number of hydrogen-bond acceptors (Lipinski definition) is 3. The Morgan fingerprint density at radius 1 is 1.27 bits per heavy atom. The number of nitrogens with zero attached hydrogens (tertiary/aromatic N) is 1. The monoisotopic (exact) mass is 269 g/mol. The number of halogens is 2. The van der Waals surface area contributed by atoms with E-state index in [1.165, 1.54) is 6.07 Å². The molecule has 0 spiro atoms. The Labute approximate surface area is 98.8 Å². The second kappa shape index (κ2) is 6.76. The molecule has 0 amide bonds. The quantitative estimate of drug-likeness (QED) is 0.447. The van der Waals surface area contributed by atoms with Gasteiger partial charge in [-0.15, -0.1) is 0 Å². The Balaban J connectivity index is 0.000000423. The van der Waals surface area contributed by atoms with E-state index < -0.39 is 9.23 Å². The molecule has 0 aliphatic heterocycles. The summed E-state index contributed by atoms with van der Waals surface area (Å²) in [5.41, 5.74) is 2.20. The molecular weight excluding hydrogens is 261 g/mol. The molecule has 0 fully saturated rings. The van der Waals surface area contributed by atoms with E-state index in [4.69, 9.17) is 4.21 Å². The topological polar surface area (TPSA) is 60.2 Å². The molecule has 0 saturated heterocycles. The molecule has 0 saturated carbocycles. The number of nitro groups is 1. The number of aryl methyl sites for hydroxylation is 2. The molecule has 4 nitrogen and oxygen atoms in total. The fourth-order valence-electron chi connectivity index (χ4n) is 0.839. The number of hydrogen-bond donors (Lipinski definition) is 0. The van der Waals surface area contributed by atoms with Crippen LogP contribution < -0.4 is 0 Å². The van der Waals surface area contributed by atoms with E-state index in [1.807, 2.05) is 13.8 Å². The lowest BCUT2D eigenvalue weighted by atomic mass is 10.1. The van der Waals surface area contributed by atoms with E-state index in [0.29, 0.717) is 0 Å². The van der Waals surface area contributed by atoms with Gasteiger partial charge in [-0.1, -0.05) is 6.07 Å². The van der Waals surface area contributed by atoms with Gasteiger partial charge in [0.15, 0.2) is 0 Å². The van der Waals surface area contributed by atoms with E-state index in [1.54, 1.807) is 12.1 Å². The van der Waals surface area contributed by atoms with Gasteiger partial charge in [-0.3, -0.25) is 10.1 Å². The van der Waals surface area contributed by atoms with Crippen LogP contribution in [0, 0.1) is 24.0 Å². The van der Waals surface area contributed by atoms with Crippen molar-refractivity contribution in [1.29, 1.82) is 0 Å². The van der Waals surface area contributed by atoms with E-state index in [-0.39, 0.29) is 10.6 Å². The maximum atomic E-state index is 10.3. The van der Waals surface area contributed by atoms with Gasteiger partial charge in [0.25, 0.3) is 5.69 Å². The standard InChI is InChI=1S/C8H9NO2.Cl2OS/c1-6-3-4-8(9(10)11)5-7(6)2;1-4(2)3/h3-5H,1-2H3;. The largest absolute Gasteiger partial charge is 0.269 e. The highest BCUT2D eigenvalue weighted by Crippen LogP contribution is 2.15. The lowest BCUT2D eigenvalue weighted by Gasteiger charge is -1.97. The lowest BCUT2D eigenvalue weighted by Crippen LogP contribution is -1.89. The van der Waals surface area contributed by atoms with E-state index >= 15 is 0 Å². The second-order valence-electron chi connectivity index (χ2n) is 2.71. The van der Waals surface area contributed by atoms with Gasteiger partial charge >= 0.3 is 0 Å². The minimum atomic E-state index is -1.67. The third kappa shape index (κ3) is 6.43. The van der Waals surface area contributed by atoms with Gasteiger partial charge in [0.2, 0.25) is 9.23 Å². The summed E-state index contributed by atoms with van der Waals surface area (Å²) in [6, 6.07) is 4.85. The first-order valence-electron chi connectivity index (χ1n) is 3.80. The first-order valence-corrected chi connectivity index (χ1v) is 6.60. The smallest absolute Gasteiger partial charge is 0.258 e.